The molecule has 2 rings (SSSR count). The standard InChI is InChI=1S/C16H20O4/c1-18-10-14(19-2)11-20-16-13(9-17)8-7-12-5-3-4-6-15(12)16/h3-8,14,17H,9-11H2,1-2H3. The van der Waals surface area contributed by atoms with Crippen molar-refractivity contribution in [2.24, 2.45) is 0 Å². The largest absolute Gasteiger partial charge is 0.490 e. The number of ether oxygens (including phenoxy) is 3. The SMILES string of the molecule is COCC(COc1c(CO)ccc2ccccc12)OC. The topological polar surface area (TPSA) is 47.9 Å². The molecule has 4 heteroatoms. The van der Waals surface area contributed by atoms with E-state index < -0.39 is 0 Å². The molecule has 1 atom stereocenters. The van der Waals surface area contributed by atoms with Crippen LogP contribution in [-0.4, -0.2) is 38.6 Å². The minimum Gasteiger partial charge on any atom is -0.490 e. The summed E-state index contributed by atoms with van der Waals surface area (Å²) in [7, 11) is 3.26. The molecule has 1 N–H and O–H groups in total. The van der Waals surface area contributed by atoms with Crippen LogP contribution < -0.4 is 4.74 Å². The zero-order valence-electron chi connectivity index (χ0n) is 11.8. The van der Waals surface area contributed by atoms with Gasteiger partial charge in [0.2, 0.25) is 0 Å². The summed E-state index contributed by atoms with van der Waals surface area (Å²) < 4.78 is 16.2. The molecule has 1 unspecified atom stereocenters. The minimum atomic E-state index is -0.134. The molecule has 0 amide bonds. The number of fused-ring (bicyclic) bond motifs is 1. The fraction of sp³-hybridized carbons (Fsp3) is 0.375. The Kier molecular flexibility index (Phi) is 5.35. The summed E-state index contributed by atoms with van der Waals surface area (Å²) in [5.41, 5.74) is 0.774. The first kappa shape index (κ1) is 14.8. The van der Waals surface area contributed by atoms with Crippen molar-refractivity contribution in [3.63, 3.8) is 0 Å². The van der Waals surface area contributed by atoms with Gasteiger partial charge in [-0.05, 0) is 5.39 Å². The number of rotatable bonds is 7. The maximum absolute atomic E-state index is 9.47. The molecule has 0 spiro atoms. The molecule has 20 heavy (non-hydrogen) atoms. The van der Waals surface area contributed by atoms with Crippen molar-refractivity contribution in [1.82, 2.24) is 0 Å². The highest BCUT2D eigenvalue weighted by Crippen LogP contribution is 2.30. The van der Waals surface area contributed by atoms with Crippen LogP contribution in [0.2, 0.25) is 0 Å². The second kappa shape index (κ2) is 7.24. The molecule has 4 nitrogen and oxygen atoms in total. The van der Waals surface area contributed by atoms with Crippen LogP contribution in [0.15, 0.2) is 36.4 Å². The Balaban J connectivity index is 2.27. The van der Waals surface area contributed by atoms with Crippen LogP contribution in [0.5, 0.6) is 5.75 Å². The smallest absolute Gasteiger partial charge is 0.132 e. The zero-order valence-corrected chi connectivity index (χ0v) is 11.8. The number of benzene rings is 2. The first-order valence-electron chi connectivity index (χ1n) is 6.56. The van der Waals surface area contributed by atoms with E-state index in [9.17, 15) is 5.11 Å². The monoisotopic (exact) mass is 276 g/mol. The van der Waals surface area contributed by atoms with Gasteiger partial charge in [0.1, 0.15) is 18.5 Å². The number of aliphatic hydroxyl groups is 1. The second-order valence-corrected chi connectivity index (χ2v) is 4.56. The molecule has 0 bridgehead atoms. The lowest BCUT2D eigenvalue weighted by atomic mass is 10.1. The van der Waals surface area contributed by atoms with Crippen molar-refractivity contribution in [3.8, 4) is 5.75 Å². The molecule has 108 valence electrons. The van der Waals surface area contributed by atoms with Gasteiger partial charge in [0, 0.05) is 25.2 Å². The Morgan fingerprint density at radius 3 is 2.55 bits per heavy atom. The van der Waals surface area contributed by atoms with E-state index in [4.69, 9.17) is 14.2 Å². The summed E-state index contributed by atoms with van der Waals surface area (Å²) >= 11 is 0. The number of hydrogen-bond donors (Lipinski definition) is 1. The number of hydrogen-bond acceptors (Lipinski definition) is 4. The molecule has 0 aliphatic rings. The van der Waals surface area contributed by atoms with Gasteiger partial charge in [-0.2, -0.15) is 0 Å². The maximum atomic E-state index is 9.47. The molecule has 2 aromatic carbocycles. The predicted molar refractivity (Wildman–Crippen MR) is 78.0 cm³/mol. The number of aliphatic hydroxyl groups excluding tert-OH is 1. The highest BCUT2D eigenvalue weighted by molar-refractivity contribution is 5.89. The molecule has 2 aromatic rings. The summed E-state index contributed by atoms with van der Waals surface area (Å²) in [5.74, 6) is 0.712. The first-order chi connectivity index (χ1) is 9.80. The highest BCUT2D eigenvalue weighted by Gasteiger charge is 2.12. The molecule has 0 aromatic heterocycles. The van der Waals surface area contributed by atoms with Crippen LogP contribution in [0.1, 0.15) is 5.56 Å². The molecule has 0 aliphatic carbocycles. The molecule has 0 saturated heterocycles. The third-order valence-corrected chi connectivity index (χ3v) is 3.23. The van der Waals surface area contributed by atoms with Crippen molar-refractivity contribution in [3.05, 3.63) is 42.0 Å². The van der Waals surface area contributed by atoms with Gasteiger partial charge in [0.15, 0.2) is 0 Å². The van der Waals surface area contributed by atoms with E-state index in [1.54, 1.807) is 14.2 Å². The van der Waals surface area contributed by atoms with Crippen LogP contribution in [-0.2, 0) is 16.1 Å². The fourth-order valence-corrected chi connectivity index (χ4v) is 2.13. The van der Waals surface area contributed by atoms with E-state index in [2.05, 4.69) is 0 Å². The summed E-state index contributed by atoms with van der Waals surface area (Å²) in [4.78, 5) is 0. The van der Waals surface area contributed by atoms with Crippen molar-refractivity contribution in [1.29, 1.82) is 0 Å². The Hall–Kier alpha value is -1.62. The van der Waals surface area contributed by atoms with Crippen molar-refractivity contribution >= 4 is 10.8 Å². The molecular weight excluding hydrogens is 256 g/mol. The Bertz CT molecular complexity index is 553. The average Bonchev–Trinajstić information content (AvgIpc) is 2.51. The first-order valence-corrected chi connectivity index (χ1v) is 6.56. The van der Waals surface area contributed by atoms with Crippen molar-refractivity contribution in [2.45, 2.75) is 12.7 Å². The Morgan fingerprint density at radius 2 is 1.85 bits per heavy atom. The van der Waals surface area contributed by atoms with E-state index >= 15 is 0 Å². The van der Waals surface area contributed by atoms with Gasteiger partial charge in [0.25, 0.3) is 0 Å². The normalized spacial score (nSPS) is 12.6. The van der Waals surface area contributed by atoms with Crippen LogP contribution in [0, 0.1) is 0 Å². The number of methoxy groups -OCH3 is 2. The lowest BCUT2D eigenvalue weighted by molar-refractivity contribution is 0.000819. The third-order valence-electron chi connectivity index (χ3n) is 3.23. The minimum absolute atomic E-state index is 0.0535. The van der Waals surface area contributed by atoms with Crippen LogP contribution >= 0.6 is 0 Å². The molecule has 0 radical (unpaired) electrons. The van der Waals surface area contributed by atoms with Gasteiger partial charge >= 0.3 is 0 Å². The summed E-state index contributed by atoms with van der Waals surface area (Å²) in [6.07, 6.45) is -0.134. The predicted octanol–water partition coefficient (Wildman–Crippen LogP) is 2.37. The molecule has 0 aliphatic heterocycles. The van der Waals surface area contributed by atoms with E-state index in [0.29, 0.717) is 19.0 Å². The molecule has 0 fully saturated rings. The average molecular weight is 276 g/mol. The van der Waals surface area contributed by atoms with Gasteiger partial charge < -0.3 is 19.3 Å². The molecule has 0 heterocycles. The lowest BCUT2D eigenvalue weighted by Gasteiger charge is -2.18. The molecular formula is C16H20O4. The van der Waals surface area contributed by atoms with E-state index in [1.165, 1.54) is 0 Å². The van der Waals surface area contributed by atoms with Gasteiger partial charge in [-0.3, -0.25) is 0 Å². The van der Waals surface area contributed by atoms with Gasteiger partial charge in [-0.15, -0.1) is 0 Å². The third kappa shape index (κ3) is 3.28. The fourth-order valence-electron chi connectivity index (χ4n) is 2.13. The van der Waals surface area contributed by atoms with Crippen molar-refractivity contribution < 1.29 is 19.3 Å². The van der Waals surface area contributed by atoms with Gasteiger partial charge in [-0.25, -0.2) is 0 Å². The summed E-state index contributed by atoms with van der Waals surface area (Å²) in [5, 5.41) is 11.5. The van der Waals surface area contributed by atoms with Crippen LogP contribution in [0.4, 0.5) is 0 Å². The van der Waals surface area contributed by atoms with E-state index in [0.717, 1.165) is 16.3 Å². The molecule has 0 saturated carbocycles. The summed E-state index contributed by atoms with van der Waals surface area (Å²) in [6.45, 7) is 0.795. The van der Waals surface area contributed by atoms with E-state index in [1.807, 2.05) is 36.4 Å². The quantitative estimate of drug-likeness (QED) is 0.843. The van der Waals surface area contributed by atoms with Crippen molar-refractivity contribution in [2.75, 3.05) is 27.4 Å². The lowest BCUT2D eigenvalue weighted by Crippen LogP contribution is -2.25. The highest BCUT2D eigenvalue weighted by atomic mass is 16.5. The van der Waals surface area contributed by atoms with Gasteiger partial charge in [0.05, 0.1) is 13.2 Å². The second-order valence-electron chi connectivity index (χ2n) is 4.56. The van der Waals surface area contributed by atoms with Gasteiger partial charge in [-0.1, -0.05) is 36.4 Å². The maximum Gasteiger partial charge on any atom is 0.132 e. The summed E-state index contributed by atoms with van der Waals surface area (Å²) in [6, 6.07) is 11.8. The van der Waals surface area contributed by atoms with Crippen LogP contribution in [0.25, 0.3) is 10.8 Å². The Morgan fingerprint density at radius 1 is 1.05 bits per heavy atom. The van der Waals surface area contributed by atoms with Crippen LogP contribution in [0.3, 0.4) is 0 Å². The van der Waals surface area contributed by atoms with E-state index in [-0.39, 0.29) is 12.7 Å². The zero-order chi connectivity index (χ0) is 14.4. The Labute approximate surface area is 118 Å².